The SMILES string of the molecule is CCn1nc(C)cc1CC1(CNC(C)(C)C)CC1. The topological polar surface area (TPSA) is 29.9 Å². The summed E-state index contributed by atoms with van der Waals surface area (Å²) in [5.74, 6) is 0. The highest BCUT2D eigenvalue weighted by molar-refractivity contribution is 5.14. The van der Waals surface area contributed by atoms with Crippen LogP contribution in [0.25, 0.3) is 0 Å². The lowest BCUT2D eigenvalue weighted by atomic mass is 9.98. The molecule has 2 rings (SSSR count). The summed E-state index contributed by atoms with van der Waals surface area (Å²) in [5, 5.41) is 8.21. The first kappa shape index (κ1) is 13.6. The monoisotopic (exact) mass is 249 g/mol. The number of aryl methyl sites for hydroxylation is 2. The third kappa shape index (κ3) is 3.35. The number of nitrogens with one attached hydrogen (secondary N) is 1. The van der Waals surface area contributed by atoms with E-state index in [-0.39, 0.29) is 5.54 Å². The van der Waals surface area contributed by atoms with Crippen LogP contribution < -0.4 is 5.32 Å². The number of rotatable bonds is 5. The Labute approximate surface area is 111 Å². The van der Waals surface area contributed by atoms with Crippen molar-refractivity contribution in [2.24, 2.45) is 5.41 Å². The Morgan fingerprint density at radius 2 is 2.06 bits per heavy atom. The van der Waals surface area contributed by atoms with Crippen molar-refractivity contribution in [3.05, 3.63) is 17.5 Å². The van der Waals surface area contributed by atoms with E-state index in [2.05, 4.69) is 55.8 Å². The van der Waals surface area contributed by atoms with E-state index in [0.717, 1.165) is 18.8 Å². The lowest BCUT2D eigenvalue weighted by molar-refractivity contribution is 0.351. The van der Waals surface area contributed by atoms with Crippen molar-refractivity contribution in [2.45, 2.75) is 66.0 Å². The van der Waals surface area contributed by atoms with Gasteiger partial charge in [0, 0.05) is 24.3 Å². The van der Waals surface area contributed by atoms with Crippen molar-refractivity contribution < 1.29 is 0 Å². The second kappa shape index (κ2) is 4.69. The molecule has 1 aromatic rings. The van der Waals surface area contributed by atoms with Crippen LogP contribution in [0.5, 0.6) is 0 Å². The molecule has 0 aliphatic heterocycles. The molecule has 1 fully saturated rings. The Bertz CT molecular complexity index is 408. The van der Waals surface area contributed by atoms with E-state index in [1.165, 1.54) is 25.0 Å². The maximum Gasteiger partial charge on any atom is 0.0596 e. The second-order valence-electron chi connectivity index (χ2n) is 6.87. The standard InChI is InChI=1S/C15H27N3/c1-6-18-13(9-12(2)17-18)10-15(7-8-15)11-16-14(3,4)5/h9,16H,6-8,10-11H2,1-5H3. The van der Waals surface area contributed by atoms with Crippen LogP contribution in [-0.2, 0) is 13.0 Å². The zero-order valence-corrected chi connectivity index (χ0v) is 12.5. The van der Waals surface area contributed by atoms with Crippen molar-refractivity contribution >= 4 is 0 Å². The van der Waals surface area contributed by atoms with Crippen LogP contribution in [0, 0.1) is 12.3 Å². The lowest BCUT2D eigenvalue weighted by Crippen LogP contribution is -2.40. The molecule has 0 saturated heterocycles. The van der Waals surface area contributed by atoms with Crippen LogP contribution in [0.1, 0.15) is 51.9 Å². The molecule has 1 aromatic heterocycles. The van der Waals surface area contributed by atoms with Gasteiger partial charge in [-0.25, -0.2) is 0 Å². The van der Waals surface area contributed by atoms with Crippen molar-refractivity contribution in [3.63, 3.8) is 0 Å². The molecule has 3 heteroatoms. The molecule has 1 saturated carbocycles. The number of hydrogen-bond donors (Lipinski definition) is 1. The van der Waals surface area contributed by atoms with E-state index in [9.17, 15) is 0 Å². The molecule has 1 aliphatic rings. The minimum atomic E-state index is 0.219. The molecule has 0 aromatic carbocycles. The number of hydrogen-bond acceptors (Lipinski definition) is 2. The van der Waals surface area contributed by atoms with E-state index in [1.54, 1.807) is 0 Å². The molecule has 18 heavy (non-hydrogen) atoms. The summed E-state index contributed by atoms with van der Waals surface area (Å²) in [4.78, 5) is 0. The van der Waals surface area contributed by atoms with Crippen LogP contribution in [0.15, 0.2) is 6.07 Å². The van der Waals surface area contributed by atoms with Gasteiger partial charge in [0.05, 0.1) is 5.69 Å². The summed E-state index contributed by atoms with van der Waals surface area (Å²) in [6.07, 6.45) is 3.87. The van der Waals surface area contributed by atoms with Gasteiger partial charge in [-0.2, -0.15) is 5.10 Å². The third-order valence-electron chi connectivity index (χ3n) is 3.79. The fourth-order valence-electron chi connectivity index (χ4n) is 2.44. The summed E-state index contributed by atoms with van der Waals surface area (Å²) >= 11 is 0. The molecule has 0 spiro atoms. The molecule has 0 radical (unpaired) electrons. The number of aromatic nitrogens is 2. The summed E-state index contributed by atoms with van der Waals surface area (Å²) in [5.41, 5.74) is 3.26. The molecule has 1 N–H and O–H groups in total. The lowest BCUT2D eigenvalue weighted by Gasteiger charge is -2.25. The molecule has 0 unspecified atom stereocenters. The maximum absolute atomic E-state index is 4.55. The van der Waals surface area contributed by atoms with Crippen LogP contribution in [0.2, 0.25) is 0 Å². The van der Waals surface area contributed by atoms with E-state index in [0.29, 0.717) is 5.41 Å². The van der Waals surface area contributed by atoms with Crippen LogP contribution in [0.3, 0.4) is 0 Å². The van der Waals surface area contributed by atoms with Gasteiger partial charge in [0.2, 0.25) is 0 Å². The van der Waals surface area contributed by atoms with Crippen molar-refractivity contribution in [1.29, 1.82) is 0 Å². The van der Waals surface area contributed by atoms with Gasteiger partial charge in [0.25, 0.3) is 0 Å². The summed E-state index contributed by atoms with van der Waals surface area (Å²) in [6, 6.07) is 2.25. The molecule has 0 atom stereocenters. The molecule has 1 aliphatic carbocycles. The first-order chi connectivity index (χ1) is 8.34. The highest BCUT2D eigenvalue weighted by Crippen LogP contribution is 2.48. The molecule has 0 amide bonds. The fourth-order valence-corrected chi connectivity index (χ4v) is 2.44. The molecule has 3 nitrogen and oxygen atoms in total. The van der Waals surface area contributed by atoms with Gasteiger partial charge < -0.3 is 5.32 Å². The Morgan fingerprint density at radius 3 is 2.56 bits per heavy atom. The average Bonchev–Trinajstić information content (AvgIpc) is 2.93. The molecule has 1 heterocycles. The largest absolute Gasteiger partial charge is 0.312 e. The van der Waals surface area contributed by atoms with Gasteiger partial charge >= 0.3 is 0 Å². The summed E-state index contributed by atoms with van der Waals surface area (Å²) < 4.78 is 2.16. The van der Waals surface area contributed by atoms with Gasteiger partial charge in [-0.3, -0.25) is 4.68 Å². The highest BCUT2D eigenvalue weighted by Gasteiger charge is 2.43. The van der Waals surface area contributed by atoms with Gasteiger partial charge in [-0.15, -0.1) is 0 Å². The predicted octanol–water partition coefficient (Wildman–Crippen LogP) is 2.92. The van der Waals surface area contributed by atoms with Gasteiger partial charge in [0.1, 0.15) is 0 Å². The first-order valence-corrected chi connectivity index (χ1v) is 7.12. The third-order valence-corrected chi connectivity index (χ3v) is 3.79. The van der Waals surface area contributed by atoms with Crippen molar-refractivity contribution in [2.75, 3.05) is 6.54 Å². The van der Waals surface area contributed by atoms with Gasteiger partial charge in [-0.05, 0) is 65.4 Å². The predicted molar refractivity (Wildman–Crippen MR) is 75.8 cm³/mol. The van der Waals surface area contributed by atoms with Crippen LogP contribution >= 0.6 is 0 Å². The smallest absolute Gasteiger partial charge is 0.0596 e. The summed E-state index contributed by atoms with van der Waals surface area (Å²) in [6.45, 7) is 13.1. The summed E-state index contributed by atoms with van der Waals surface area (Å²) in [7, 11) is 0. The fraction of sp³-hybridized carbons (Fsp3) is 0.800. The van der Waals surface area contributed by atoms with E-state index in [4.69, 9.17) is 0 Å². The van der Waals surface area contributed by atoms with Crippen molar-refractivity contribution in [3.8, 4) is 0 Å². The zero-order chi connectivity index (χ0) is 13.4. The van der Waals surface area contributed by atoms with Gasteiger partial charge in [0.15, 0.2) is 0 Å². The highest BCUT2D eigenvalue weighted by atomic mass is 15.3. The van der Waals surface area contributed by atoms with E-state index in [1.807, 2.05) is 0 Å². The van der Waals surface area contributed by atoms with E-state index >= 15 is 0 Å². The maximum atomic E-state index is 4.55. The van der Waals surface area contributed by atoms with E-state index < -0.39 is 0 Å². The normalized spacial score (nSPS) is 18.1. The zero-order valence-electron chi connectivity index (χ0n) is 12.5. The minimum absolute atomic E-state index is 0.219. The number of nitrogens with zero attached hydrogens (tertiary/aromatic N) is 2. The van der Waals surface area contributed by atoms with Gasteiger partial charge in [-0.1, -0.05) is 0 Å². The minimum Gasteiger partial charge on any atom is -0.312 e. The quantitative estimate of drug-likeness (QED) is 0.869. The second-order valence-corrected chi connectivity index (χ2v) is 6.87. The van der Waals surface area contributed by atoms with Crippen LogP contribution in [0.4, 0.5) is 0 Å². The molecular formula is C15H27N3. The molecule has 102 valence electrons. The Hall–Kier alpha value is -0.830. The van der Waals surface area contributed by atoms with Crippen molar-refractivity contribution in [1.82, 2.24) is 15.1 Å². The first-order valence-electron chi connectivity index (χ1n) is 7.12. The Balaban J connectivity index is 2.00. The average molecular weight is 249 g/mol. The molecule has 0 bridgehead atoms. The van der Waals surface area contributed by atoms with Crippen LogP contribution in [-0.4, -0.2) is 21.9 Å². The molecular weight excluding hydrogens is 222 g/mol. The Morgan fingerprint density at radius 1 is 1.39 bits per heavy atom. The Kier molecular flexibility index (Phi) is 3.54.